The number of anilines is 1. The zero-order valence-corrected chi connectivity index (χ0v) is 21.4. The number of fused-ring (bicyclic) bond motifs is 1. The predicted molar refractivity (Wildman–Crippen MR) is 145 cm³/mol. The van der Waals surface area contributed by atoms with E-state index < -0.39 is 34.7 Å². The topological polar surface area (TPSA) is 143 Å². The standard InChI is InChI=1S/C29H24N4O7/c1-40-29(37)19-8-10-21(11-9-19)32-26(34)16-25(28(32)36)31(27(35)18-6-12-22(13-7-18)33(38)39)15-14-20-17-30-24-5-3-2-4-23(20)24/h2-13,17,25,30H,14-16H2,1H3. The van der Waals surface area contributed by atoms with Crippen molar-refractivity contribution in [3.63, 3.8) is 0 Å². The molecular formula is C29H24N4O7. The molecular weight excluding hydrogens is 516 g/mol. The summed E-state index contributed by atoms with van der Waals surface area (Å²) in [4.78, 5) is 68.2. The number of aromatic nitrogens is 1. The summed E-state index contributed by atoms with van der Waals surface area (Å²) in [5.74, 6) is -2.15. The fourth-order valence-electron chi connectivity index (χ4n) is 4.86. The van der Waals surface area contributed by atoms with E-state index in [-0.39, 0.29) is 35.5 Å². The average molecular weight is 541 g/mol. The van der Waals surface area contributed by atoms with Crippen LogP contribution in [0.2, 0.25) is 0 Å². The molecule has 0 radical (unpaired) electrons. The third-order valence-electron chi connectivity index (χ3n) is 6.93. The molecule has 40 heavy (non-hydrogen) atoms. The highest BCUT2D eigenvalue weighted by atomic mass is 16.6. The maximum absolute atomic E-state index is 13.7. The van der Waals surface area contributed by atoms with Crippen molar-refractivity contribution in [2.24, 2.45) is 0 Å². The molecule has 0 spiro atoms. The number of non-ortho nitro benzene ring substituents is 1. The van der Waals surface area contributed by atoms with Crippen molar-refractivity contribution in [2.75, 3.05) is 18.6 Å². The zero-order chi connectivity index (χ0) is 28.4. The first-order chi connectivity index (χ1) is 19.3. The molecule has 3 aromatic carbocycles. The van der Waals surface area contributed by atoms with Crippen LogP contribution in [0.4, 0.5) is 11.4 Å². The lowest BCUT2D eigenvalue weighted by atomic mass is 10.1. The van der Waals surface area contributed by atoms with Crippen molar-refractivity contribution >= 4 is 46.0 Å². The number of carbonyl (C=O) groups excluding carboxylic acids is 4. The van der Waals surface area contributed by atoms with Crippen LogP contribution in [0, 0.1) is 10.1 Å². The SMILES string of the molecule is COC(=O)c1ccc(N2C(=O)CC(N(CCc3c[nH]c4ccccc34)C(=O)c3ccc([N+](=O)[O-])cc3)C2=O)cc1. The Balaban J connectivity index is 1.45. The molecule has 1 fully saturated rings. The molecule has 5 rings (SSSR count). The number of carbonyl (C=O) groups is 4. The summed E-state index contributed by atoms with van der Waals surface area (Å²) in [5, 5.41) is 12.1. The number of methoxy groups -OCH3 is 1. The molecule has 4 aromatic rings. The molecule has 11 heteroatoms. The van der Waals surface area contributed by atoms with Gasteiger partial charge in [-0.25, -0.2) is 9.69 Å². The number of aromatic amines is 1. The first-order valence-electron chi connectivity index (χ1n) is 12.4. The van der Waals surface area contributed by atoms with E-state index in [4.69, 9.17) is 4.74 Å². The minimum absolute atomic E-state index is 0.122. The van der Waals surface area contributed by atoms with Gasteiger partial charge in [-0.2, -0.15) is 0 Å². The number of para-hydroxylation sites is 1. The largest absolute Gasteiger partial charge is 0.465 e. The molecule has 0 saturated carbocycles. The highest BCUT2D eigenvalue weighted by molar-refractivity contribution is 6.23. The molecule has 1 unspecified atom stereocenters. The van der Waals surface area contributed by atoms with E-state index in [9.17, 15) is 29.3 Å². The normalized spacial score (nSPS) is 14.9. The monoisotopic (exact) mass is 540 g/mol. The minimum atomic E-state index is -1.08. The van der Waals surface area contributed by atoms with Crippen molar-refractivity contribution in [3.8, 4) is 0 Å². The molecule has 0 bridgehead atoms. The maximum atomic E-state index is 13.7. The first kappa shape index (κ1) is 26.3. The van der Waals surface area contributed by atoms with Gasteiger partial charge in [0.2, 0.25) is 5.91 Å². The van der Waals surface area contributed by atoms with Gasteiger partial charge >= 0.3 is 5.97 Å². The quantitative estimate of drug-likeness (QED) is 0.155. The van der Waals surface area contributed by atoms with Gasteiger partial charge in [-0.1, -0.05) is 18.2 Å². The highest BCUT2D eigenvalue weighted by Gasteiger charge is 2.44. The molecule has 202 valence electrons. The van der Waals surface area contributed by atoms with E-state index in [0.29, 0.717) is 6.42 Å². The van der Waals surface area contributed by atoms with Crippen LogP contribution in [0.1, 0.15) is 32.7 Å². The van der Waals surface area contributed by atoms with Crippen LogP contribution in [-0.2, 0) is 20.7 Å². The summed E-state index contributed by atoms with van der Waals surface area (Å²) < 4.78 is 4.70. The second-order valence-corrected chi connectivity index (χ2v) is 9.24. The fraction of sp³-hybridized carbons (Fsp3) is 0.172. The summed E-state index contributed by atoms with van der Waals surface area (Å²) in [6, 6.07) is 17.6. The van der Waals surface area contributed by atoms with Gasteiger partial charge in [0.25, 0.3) is 17.5 Å². The molecule has 3 amide bonds. The molecule has 1 saturated heterocycles. The lowest BCUT2D eigenvalue weighted by Gasteiger charge is -2.28. The molecule has 0 aliphatic carbocycles. The van der Waals surface area contributed by atoms with E-state index in [2.05, 4.69) is 4.98 Å². The second-order valence-electron chi connectivity index (χ2n) is 9.24. The molecule has 1 atom stereocenters. The Kier molecular flexibility index (Phi) is 7.11. The van der Waals surface area contributed by atoms with Gasteiger partial charge < -0.3 is 14.6 Å². The van der Waals surface area contributed by atoms with Gasteiger partial charge in [0.1, 0.15) is 6.04 Å². The third kappa shape index (κ3) is 4.92. The Hall–Kier alpha value is -5.32. The number of amides is 3. The zero-order valence-electron chi connectivity index (χ0n) is 21.4. The lowest BCUT2D eigenvalue weighted by Crippen LogP contribution is -2.46. The number of esters is 1. The fourth-order valence-corrected chi connectivity index (χ4v) is 4.86. The molecule has 1 aliphatic heterocycles. The van der Waals surface area contributed by atoms with Crippen LogP contribution < -0.4 is 4.90 Å². The van der Waals surface area contributed by atoms with Crippen LogP contribution in [0.3, 0.4) is 0 Å². The summed E-state index contributed by atoms with van der Waals surface area (Å²) >= 11 is 0. The van der Waals surface area contributed by atoms with E-state index in [1.807, 2.05) is 30.5 Å². The van der Waals surface area contributed by atoms with Crippen molar-refractivity contribution in [2.45, 2.75) is 18.9 Å². The number of nitro benzene ring substituents is 1. The van der Waals surface area contributed by atoms with Gasteiger partial charge in [-0.05, 0) is 54.4 Å². The molecule has 1 aromatic heterocycles. The Morgan fingerprint density at radius 2 is 1.70 bits per heavy atom. The summed E-state index contributed by atoms with van der Waals surface area (Å²) in [6.45, 7) is 0.122. The van der Waals surface area contributed by atoms with Gasteiger partial charge in [0.05, 0.1) is 29.7 Å². The van der Waals surface area contributed by atoms with E-state index >= 15 is 0 Å². The van der Waals surface area contributed by atoms with Crippen molar-refractivity contribution in [1.29, 1.82) is 0 Å². The van der Waals surface area contributed by atoms with Crippen molar-refractivity contribution < 1.29 is 28.8 Å². The van der Waals surface area contributed by atoms with E-state index in [1.165, 1.54) is 60.5 Å². The summed E-state index contributed by atoms with van der Waals surface area (Å²) in [7, 11) is 1.25. The Bertz CT molecular complexity index is 1630. The first-order valence-corrected chi connectivity index (χ1v) is 12.4. The highest BCUT2D eigenvalue weighted by Crippen LogP contribution is 2.28. The lowest BCUT2D eigenvalue weighted by molar-refractivity contribution is -0.384. The average Bonchev–Trinajstić information content (AvgIpc) is 3.52. The number of rotatable bonds is 8. The number of nitrogens with one attached hydrogen (secondary N) is 1. The van der Waals surface area contributed by atoms with Crippen LogP contribution in [-0.4, -0.2) is 58.2 Å². The van der Waals surface area contributed by atoms with Crippen LogP contribution in [0.5, 0.6) is 0 Å². The van der Waals surface area contributed by atoms with Crippen LogP contribution >= 0.6 is 0 Å². The number of hydrogen-bond donors (Lipinski definition) is 1. The number of H-pyrrole nitrogens is 1. The van der Waals surface area contributed by atoms with Crippen molar-refractivity contribution in [1.82, 2.24) is 9.88 Å². The maximum Gasteiger partial charge on any atom is 0.337 e. The minimum Gasteiger partial charge on any atom is -0.465 e. The Morgan fingerprint density at radius 1 is 1.02 bits per heavy atom. The number of nitrogens with zero attached hydrogens (tertiary/aromatic N) is 3. The van der Waals surface area contributed by atoms with Gasteiger partial charge in [-0.3, -0.25) is 24.5 Å². The van der Waals surface area contributed by atoms with E-state index in [0.717, 1.165) is 21.4 Å². The van der Waals surface area contributed by atoms with Gasteiger partial charge in [-0.15, -0.1) is 0 Å². The number of hydrogen-bond acceptors (Lipinski definition) is 7. The number of nitro groups is 1. The molecule has 1 aliphatic rings. The second kappa shape index (κ2) is 10.8. The number of imide groups is 1. The Labute approximate surface area is 228 Å². The van der Waals surface area contributed by atoms with Gasteiger partial charge in [0.15, 0.2) is 0 Å². The van der Waals surface area contributed by atoms with E-state index in [1.54, 1.807) is 0 Å². The third-order valence-corrected chi connectivity index (χ3v) is 6.93. The van der Waals surface area contributed by atoms with Gasteiger partial charge in [0, 0.05) is 41.3 Å². The summed E-state index contributed by atoms with van der Waals surface area (Å²) in [5.41, 5.74) is 2.38. The van der Waals surface area contributed by atoms with Crippen LogP contribution in [0.25, 0.3) is 10.9 Å². The van der Waals surface area contributed by atoms with Crippen molar-refractivity contribution in [3.05, 3.63) is 106 Å². The predicted octanol–water partition coefficient (Wildman–Crippen LogP) is 3.88. The summed E-state index contributed by atoms with van der Waals surface area (Å²) in [6.07, 6.45) is 2.01. The number of ether oxygens (including phenoxy) is 1. The smallest absolute Gasteiger partial charge is 0.337 e. The molecule has 2 heterocycles. The molecule has 11 nitrogen and oxygen atoms in total. The number of benzene rings is 3. The van der Waals surface area contributed by atoms with Crippen LogP contribution in [0.15, 0.2) is 79.0 Å². The molecule has 1 N–H and O–H groups in total. The Morgan fingerprint density at radius 3 is 2.38 bits per heavy atom.